The molecule has 0 aliphatic carbocycles. The first-order valence-electron chi connectivity index (χ1n) is 6.61. The van der Waals surface area contributed by atoms with Gasteiger partial charge in [0.2, 0.25) is 5.88 Å². The van der Waals surface area contributed by atoms with Gasteiger partial charge in [-0.1, -0.05) is 0 Å². The Bertz CT molecular complexity index is 489. The van der Waals surface area contributed by atoms with E-state index < -0.39 is 5.97 Å². The van der Waals surface area contributed by atoms with Gasteiger partial charge in [0, 0.05) is 25.8 Å². The number of hydrazone groups is 1. The number of hydrogen-bond donors (Lipinski definition) is 1. The maximum atomic E-state index is 5.56. The number of nitrogens with zero attached hydrogens (tertiary/aromatic N) is 3. The molecule has 2 rings (SSSR count). The lowest BCUT2D eigenvalue weighted by atomic mass is 10.4. The van der Waals surface area contributed by atoms with E-state index in [1.807, 2.05) is 13.8 Å². The first-order chi connectivity index (χ1) is 10.0. The largest absolute Gasteiger partial charge is 0.474 e. The van der Waals surface area contributed by atoms with Crippen LogP contribution in [0.1, 0.15) is 20.8 Å². The van der Waals surface area contributed by atoms with Crippen molar-refractivity contribution in [1.29, 1.82) is 0 Å². The summed E-state index contributed by atoms with van der Waals surface area (Å²) in [6, 6.07) is 3.45. The van der Waals surface area contributed by atoms with Crippen molar-refractivity contribution in [2.24, 2.45) is 5.10 Å². The van der Waals surface area contributed by atoms with E-state index in [9.17, 15) is 0 Å². The van der Waals surface area contributed by atoms with Gasteiger partial charge in [0.15, 0.2) is 5.82 Å². The van der Waals surface area contributed by atoms with Crippen molar-refractivity contribution < 1.29 is 18.9 Å². The minimum Gasteiger partial charge on any atom is -0.474 e. The molecule has 0 bridgehead atoms. The maximum Gasteiger partial charge on any atom is 0.280 e. The van der Waals surface area contributed by atoms with Crippen LogP contribution in [-0.2, 0) is 14.2 Å². The van der Waals surface area contributed by atoms with Crippen molar-refractivity contribution >= 4 is 11.5 Å². The van der Waals surface area contributed by atoms with Gasteiger partial charge in [-0.3, -0.25) is 5.43 Å². The van der Waals surface area contributed by atoms with Gasteiger partial charge >= 0.3 is 0 Å². The number of methoxy groups -OCH3 is 1. The molecular weight excluding hydrogens is 276 g/mol. The highest BCUT2D eigenvalue weighted by molar-refractivity contribution is 5.79. The second-order valence-electron chi connectivity index (χ2n) is 4.86. The van der Waals surface area contributed by atoms with E-state index in [1.54, 1.807) is 19.1 Å². The van der Waals surface area contributed by atoms with E-state index in [4.69, 9.17) is 18.9 Å². The average Bonchev–Trinajstić information content (AvgIpc) is 2.86. The van der Waals surface area contributed by atoms with Crippen LogP contribution in [0.4, 0.5) is 5.82 Å². The Morgan fingerprint density at radius 1 is 1.48 bits per heavy atom. The van der Waals surface area contributed by atoms with Crippen LogP contribution in [-0.4, -0.2) is 48.3 Å². The lowest BCUT2D eigenvalue weighted by Crippen LogP contribution is -2.30. The number of hydrogen-bond acceptors (Lipinski definition) is 8. The summed E-state index contributed by atoms with van der Waals surface area (Å²) < 4.78 is 21.5. The molecular formula is C13H20N4O4. The van der Waals surface area contributed by atoms with Crippen molar-refractivity contribution in [2.75, 3.05) is 25.7 Å². The SMILES string of the molecule is COC1(C)OCC(COc2ccc(NN=C(C)C)nn2)O1. The number of rotatable bonds is 6. The van der Waals surface area contributed by atoms with Crippen LogP contribution in [0.15, 0.2) is 17.2 Å². The third-order valence-corrected chi connectivity index (χ3v) is 2.73. The molecule has 1 aromatic rings. The summed E-state index contributed by atoms with van der Waals surface area (Å²) in [4.78, 5) is 0. The molecule has 0 spiro atoms. The first kappa shape index (κ1) is 15.6. The van der Waals surface area contributed by atoms with Crippen LogP contribution in [0.25, 0.3) is 0 Å². The molecule has 0 aromatic carbocycles. The summed E-state index contributed by atoms with van der Waals surface area (Å²) in [6.45, 7) is 6.20. The van der Waals surface area contributed by atoms with E-state index in [0.29, 0.717) is 24.9 Å². The molecule has 1 aliphatic heterocycles. The fourth-order valence-corrected chi connectivity index (χ4v) is 1.61. The smallest absolute Gasteiger partial charge is 0.280 e. The number of aromatic nitrogens is 2. The average molecular weight is 296 g/mol. The standard InChI is InChI=1S/C13H20N4O4/c1-9(2)14-15-11-5-6-12(17-16-11)19-7-10-8-20-13(3,18-4)21-10/h5-6,10H,7-8H2,1-4H3,(H,15,16). The molecule has 1 aromatic heterocycles. The summed E-state index contributed by atoms with van der Waals surface area (Å²) >= 11 is 0. The molecule has 0 saturated carbocycles. The van der Waals surface area contributed by atoms with Gasteiger partial charge in [0.25, 0.3) is 5.97 Å². The van der Waals surface area contributed by atoms with Gasteiger partial charge in [-0.25, -0.2) is 0 Å². The Labute approximate surface area is 123 Å². The quantitative estimate of drug-likeness (QED) is 0.627. The molecule has 8 heteroatoms. The van der Waals surface area contributed by atoms with E-state index in [0.717, 1.165) is 5.71 Å². The first-order valence-corrected chi connectivity index (χ1v) is 6.61. The second-order valence-corrected chi connectivity index (χ2v) is 4.86. The summed E-state index contributed by atoms with van der Waals surface area (Å²) in [6.07, 6.45) is -0.207. The highest BCUT2D eigenvalue weighted by Gasteiger charge is 2.37. The fourth-order valence-electron chi connectivity index (χ4n) is 1.61. The van der Waals surface area contributed by atoms with Crippen molar-refractivity contribution in [3.05, 3.63) is 12.1 Å². The minimum absolute atomic E-state index is 0.207. The van der Waals surface area contributed by atoms with Crippen molar-refractivity contribution in [3.8, 4) is 5.88 Å². The Balaban J connectivity index is 1.80. The van der Waals surface area contributed by atoms with Gasteiger partial charge in [0.05, 0.1) is 6.61 Å². The molecule has 8 nitrogen and oxygen atoms in total. The molecule has 2 atom stereocenters. The van der Waals surface area contributed by atoms with E-state index in [2.05, 4.69) is 20.7 Å². The predicted octanol–water partition coefficient (Wildman–Crippen LogP) is 1.40. The van der Waals surface area contributed by atoms with Crippen LogP contribution < -0.4 is 10.2 Å². The Morgan fingerprint density at radius 2 is 2.29 bits per heavy atom. The second kappa shape index (κ2) is 6.79. The van der Waals surface area contributed by atoms with Gasteiger partial charge in [-0.2, -0.15) is 5.10 Å². The zero-order valence-corrected chi connectivity index (χ0v) is 12.6. The molecule has 21 heavy (non-hydrogen) atoms. The number of anilines is 1. The summed E-state index contributed by atoms with van der Waals surface area (Å²) in [5, 5.41) is 11.9. The Kier molecular flexibility index (Phi) is 5.05. The third kappa shape index (κ3) is 4.62. The molecule has 1 saturated heterocycles. The van der Waals surface area contributed by atoms with Crippen LogP contribution in [0.2, 0.25) is 0 Å². The van der Waals surface area contributed by atoms with Gasteiger partial charge in [-0.15, -0.1) is 10.2 Å². The monoisotopic (exact) mass is 296 g/mol. The highest BCUT2D eigenvalue weighted by Crippen LogP contribution is 2.24. The van der Waals surface area contributed by atoms with E-state index in [1.165, 1.54) is 7.11 Å². The van der Waals surface area contributed by atoms with Gasteiger partial charge in [0.1, 0.15) is 12.7 Å². The summed E-state index contributed by atoms with van der Waals surface area (Å²) in [5.74, 6) is -0.0351. The van der Waals surface area contributed by atoms with E-state index >= 15 is 0 Å². The summed E-state index contributed by atoms with van der Waals surface area (Å²) in [5.41, 5.74) is 3.68. The molecule has 116 valence electrons. The lowest BCUT2D eigenvalue weighted by Gasteiger charge is -2.20. The zero-order chi connectivity index (χ0) is 15.3. The summed E-state index contributed by atoms with van der Waals surface area (Å²) in [7, 11) is 1.53. The van der Waals surface area contributed by atoms with Crippen LogP contribution in [0.3, 0.4) is 0 Å². The van der Waals surface area contributed by atoms with Gasteiger partial charge < -0.3 is 18.9 Å². The molecule has 0 radical (unpaired) electrons. The van der Waals surface area contributed by atoms with Crippen LogP contribution in [0.5, 0.6) is 5.88 Å². The van der Waals surface area contributed by atoms with Crippen molar-refractivity contribution in [1.82, 2.24) is 10.2 Å². The lowest BCUT2D eigenvalue weighted by molar-refractivity contribution is -0.314. The third-order valence-electron chi connectivity index (χ3n) is 2.73. The maximum absolute atomic E-state index is 5.56. The van der Waals surface area contributed by atoms with Crippen LogP contribution in [0, 0.1) is 0 Å². The molecule has 1 fully saturated rings. The topological polar surface area (TPSA) is 87.1 Å². The zero-order valence-electron chi connectivity index (χ0n) is 12.6. The predicted molar refractivity (Wildman–Crippen MR) is 76.2 cm³/mol. The Morgan fingerprint density at radius 3 is 2.86 bits per heavy atom. The molecule has 1 N–H and O–H groups in total. The van der Waals surface area contributed by atoms with Crippen molar-refractivity contribution in [2.45, 2.75) is 32.8 Å². The Hall–Kier alpha value is -1.77. The molecule has 2 unspecified atom stereocenters. The fraction of sp³-hybridized carbons (Fsp3) is 0.615. The highest BCUT2D eigenvalue weighted by atomic mass is 16.9. The molecule has 2 heterocycles. The van der Waals surface area contributed by atoms with E-state index in [-0.39, 0.29) is 6.10 Å². The van der Waals surface area contributed by atoms with Crippen molar-refractivity contribution in [3.63, 3.8) is 0 Å². The number of nitrogens with one attached hydrogen (secondary N) is 1. The molecule has 1 aliphatic rings. The molecule has 0 amide bonds. The number of ether oxygens (including phenoxy) is 4. The minimum atomic E-state index is -0.997. The van der Waals surface area contributed by atoms with Crippen LogP contribution >= 0.6 is 0 Å². The normalized spacial score (nSPS) is 24.7. The van der Waals surface area contributed by atoms with Gasteiger partial charge in [-0.05, 0) is 19.9 Å².